The second-order valence-electron chi connectivity index (χ2n) is 5.33. The number of carbonyl (C=O) groups is 3. The molecule has 12 heteroatoms. The molecule has 0 saturated heterocycles. The fourth-order valence-corrected chi connectivity index (χ4v) is 3.46. The van der Waals surface area contributed by atoms with Crippen molar-refractivity contribution in [1.29, 1.82) is 0 Å². The summed E-state index contributed by atoms with van der Waals surface area (Å²) in [6.07, 6.45) is -0.965. The molecule has 1 aromatic carbocycles. The standard InChI is InChI=1S/C14H18NO10P/c15-9(13(20)21)3-4-26(23,24)14(22)7-1-2-10(25-6-11(16)17)8(5-7)12(18)19/h1-2,5,9,14,22H,3-4,6,15H2,(H,16,17)(H,18,19)(H,20,21)(H,23,24)/t9-,14?/m1/s1. The van der Waals surface area contributed by atoms with Crippen molar-refractivity contribution in [3.05, 3.63) is 29.3 Å². The summed E-state index contributed by atoms with van der Waals surface area (Å²) >= 11 is 0. The third-order valence-corrected chi connectivity index (χ3v) is 5.30. The highest BCUT2D eigenvalue weighted by atomic mass is 31.2. The fourth-order valence-electron chi connectivity index (χ4n) is 1.94. The van der Waals surface area contributed by atoms with E-state index in [-0.39, 0.29) is 17.7 Å². The molecule has 11 nitrogen and oxygen atoms in total. The van der Waals surface area contributed by atoms with Crippen LogP contribution in [-0.4, -0.2) is 62.0 Å². The van der Waals surface area contributed by atoms with Gasteiger partial charge in [-0.05, 0) is 24.1 Å². The minimum absolute atomic E-state index is 0.222. The van der Waals surface area contributed by atoms with Crippen molar-refractivity contribution < 1.29 is 49.0 Å². The molecule has 144 valence electrons. The number of hydrogen-bond donors (Lipinski definition) is 6. The molecule has 0 amide bonds. The molecule has 0 radical (unpaired) electrons. The van der Waals surface area contributed by atoms with Crippen LogP contribution in [0.15, 0.2) is 18.2 Å². The summed E-state index contributed by atoms with van der Waals surface area (Å²) < 4.78 is 17.0. The number of aliphatic hydroxyl groups is 1. The molecule has 0 spiro atoms. The van der Waals surface area contributed by atoms with Gasteiger partial charge in [0.25, 0.3) is 0 Å². The van der Waals surface area contributed by atoms with Crippen molar-refractivity contribution >= 4 is 25.3 Å². The Labute approximate surface area is 147 Å². The molecule has 0 aliphatic carbocycles. The molecule has 7 N–H and O–H groups in total. The normalized spacial score (nSPS) is 15.5. The Morgan fingerprint density at radius 2 is 1.81 bits per heavy atom. The molecule has 0 aliphatic heterocycles. The molecule has 0 aliphatic rings. The number of ether oxygens (including phenoxy) is 1. The highest BCUT2D eigenvalue weighted by Gasteiger charge is 2.32. The van der Waals surface area contributed by atoms with E-state index in [1.54, 1.807) is 0 Å². The highest BCUT2D eigenvalue weighted by molar-refractivity contribution is 7.58. The SMILES string of the molecule is N[C@H](CCP(=O)(O)C(O)c1ccc(OCC(=O)O)c(C(=O)O)c1)C(=O)O. The van der Waals surface area contributed by atoms with E-state index >= 15 is 0 Å². The summed E-state index contributed by atoms with van der Waals surface area (Å²) in [7, 11) is -4.31. The van der Waals surface area contributed by atoms with Gasteiger partial charge in [-0.2, -0.15) is 0 Å². The van der Waals surface area contributed by atoms with E-state index in [1.165, 1.54) is 0 Å². The number of aliphatic carboxylic acids is 2. The zero-order valence-corrected chi connectivity index (χ0v) is 14.2. The van der Waals surface area contributed by atoms with Crippen molar-refractivity contribution in [2.24, 2.45) is 5.73 Å². The van der Waals surface area contributed by atoms with E-state index < -0.39 is 55.5 Å². The fraction of sp³-hybridized carbons (Fsp3) is 0.357. The van der Waals surface area contributed by atoms with Crippen molar-refractivity contribution in [3.8, 4) is 5.75 Å². The van der Waals surface area contributed by atoms with Crippen LogP contribution < -0.4 is 10.5 Å². The first-order valence-corrected chi connectivity index (χ1v) is 9.07. The Balaban J connectivity index is 3.04. The topological polar surface area (TPSA) is 205 Å². The zero-order chi connectivity index (χ0) is 20.1. The van der Waals surface area contributed by atoms with Crippen LogP contribution in [0.1, 0.15) is 28.2 Å². The minimum Gasteiger partial charge on any atom is -0.481 e. The molecule has 1 rings (SSSR count). The van der Waals surface area contributed by atoms with Crippen molar-refractivity contribution in [2.75, 3.05) is 12.8 Å². The predicted molar refractivity (Wildman–Crippen MR) is 86.4 cm³/mol. The molecular formula is C14H18NO10P. The van der Waals surface area contributed by atoms with Gasteiger partial charge in [0, 0.05) is 6.16 Å². The van der Waals surface area contributed by atoms with E-state index in [0.29, 0.717) is 0 Å². The summed E-state index contributed by atoms with van der Waals surface area (Å²) in [5, 5.41) is 36.5. The number of carboxylic acid groups (broad SMARTS) is 3. The van der Waals surface area contributed by atoms with Crippen molar-refractivity contribution in [1.82, 2.24) is 0 Å². The molecule has 0 aromatic heterocycles. The van der Waals surface area contributed by atoms with Gasteiger partial charge in [-0.15, -0.1) is 0 Å². The van der Waals surface area contributed by atoms with Crippen LogP contribution in [0.3, 0.4) is 0 Å². The Hall–Kier alpha value is -2.46. The number of carboxylic acids is 3. The average Bonchev–Trinajstić information content (AvgIpc) is 2.56. The van der Waals surface area contributed by atoms with E-state index in [4.69, 9.17) is 25.8 Å². The number of rotatable bonds is 10. The van der Waals surface area contributed by atoms with Gasteiger partial charge in [0.2, 0.25) is 7.37 Å². The number of hydrogen-bond acceptors (Lipinski definition) is 7. The molecule has 3 atom stereocenters. The number of aliphatic hydroxyl groups excluding tert-OH is 1. The first-order valence-electron chi connectivity index (χ1n) is 7.15. The Morgan fingerprint density at radius 3 is 2.31 bits per heavy atom. The van der Waals surface area contributed by atoms with Gasteiger partial charge < -0.3 is 35.8 Å². The number of benzene rings is 1. The summed E-state index contributed by atoms with van der Waals surface area (Å²) in [5.74, 6) is -6.47. The number of aromatic carboxylic acids is 1. The Bertz CT molecular complexity index is 749. The minimum atomic E-state index is -4.31. The van der Waals surface area contributed by atoms with Crippen LogP contribution >= 0.6 is 7.37 Å². The lowest BCUT2D eigenvalue weighted by molar-refractivity contribution is -0.139. The maximum Gasteiger partial charge on any atom is 0.341 e. The second kappa shape index (κ2) is 8.77. The Kier molecular flexibility index (Phi) is 7.28. The van der Waals surface area contributed by atoms with E-state index in [1.807, 2.05) is 0 Å². The quantitative estimate of drug-likeness (QED) is 0.291. The smallest absolute Gasteiger partial charge is 0.341 e. The summed E-state index contributed by atoms with van der Waals surface area (Å²) in [6.45, 7) is -0.798. The summed E-state index contributed by atoms with van der Waals surface area (Å²) in [5.41, 5.74) is 4.52. The van der Waals surface area contributed by atoms with Gasteiger partial charge in [0.1, 0.15) is 17.4 Å². The zero-order valence-electron chi connectivity index (χ0n) is 13.3. The molecule has 0 heterocycles. The number of nitrogens with two attached hydrogens (primary N) is 1. The Morgan fingerprint density at radius 1 is 1.19 bits per heavy atom. The highest BCUT2D eigenvalue weighted by Crippen LogP contribution is 2.54. The molecule has 26 heavy (non-hydrogen) atoms. The van der Waals surface area contributed by atoms with E-state index in [2.05, 4.69) is 0 Å². The van der Waals surface area contributed by atoms with Crippen molar-refractivity contribution in [2.45, 2.75) is 18.3 Å². The maximum atomic E-state index is 12.2. The van der Waals surface area contributed by atoms with Gasteiger partial charge in [0.15, 0.2) is 12.5 Å². The van der Waals surface area contributed by atoms with E-state index in [0.717, 1.165) is 18.2 Å². The van der Waals surface area contributed by atoms with Crippen LogP contribution in [-0.2, 0) is 14.2 Å². The van der Waals surface area contributed by atoms with Gasteiger partial charge in [-0.1, -0.05) is 6.07 Å². The van der Waals surface area contributed by atoms with Gasteiger partial charge in [-0.3, -0.25) is 9.36 Å². The van der Waals surface area contributed by atoms with Crippen LogP contribution in [0.4, 0.5) is 0 Å². The third kappa shape index (κ3) is 5.81. The van der Waals surface area contributed by atoms with Gasteiger partial charge in [0.05, 0.1) is 0 Å². The lowest BCUT2D eigenvalue weighted by Crippen LogP contribution is -2.31. The molecular weight excluding hydrogens is 373 g/mol. The molecule has 1 aromatic rings. The average molecular weight is 391 g/mol. The van der Waals surface area contributed by atoms with Crippen molar-refractivity contribution in [3.63, 3.8) is 0 Å². The largest absolute Gasteiger partial charge is 0.481 e. The van der Waals surface area contributed by atoms with Crippen LogP contribution in [0.2, 0.25) is 0 Å². The third-order valence-electron chi connectivity index (χ3n) is 3.34. The molecule has 0 saturated carbocycles. The van der Waals surface area contributed by atoms with Gasteiger partial charge in [-0.25, -0.2) is 9.59 Å². The summed E-state index contributed by atoms with van der Waals surface area (Å²) in [6, 6.07) is 1.65. The first-order chi connectivity index (χ1) is 12.0. The molecule has 0 fully saturated rings. The van der Waals surface area contributed by atoms with Crippen LogP contribution in [0.25, 0.3) is 0 Å². The monoisotopic (exact) mass is 391 g/mol. The maximum absolute atomic E-state index is 12.2. The summed E-state index contributed by atoms with van der Waals surface area (Å²) in [4.78, 5) is 42.3. The van der Waals surface area contributed by atoms with Crippen LogP contribution in [0, 0.1) is 0 Å². The molecule has 0 bridgehead atoms. The van der Waals surface area contributed by atoms with E-state index in [9.17, 15) is 28.9 Å². The second-order valence-corrected chi connectivity index (χ2v) is 7.78. The lowest BCUT2D eigenvalue weighted by atomic mass is 10.1. The van der Waals surface area contributed by atoms with Crippen LogP contribution in [0.5, 0.6) is 5.75 Å². The first kappa shape index (κ1) is 21.6. The van der Waals surface area contributed by atoms with Gasteiger partial charge >= 0.3 is 17.9 Å². The lowest BCUT2D eigenvalue weighted by Gasteiger charge is -2.20. The predicted octanol–water partition coefficient (Wildman–Crippen LogP) is -0.0885. The molecule has 2 unspecified atom stereocenters.